The summed E-state index contributed by atoms with van der Waals surface area (Å²) in [5.41, 5.74) is 17.2. The van der Waals surface area contributed by atoms with Crippen molar-refractivity contribution in [1.82, 2.24) is 19.9 Å². The zero-order chi connectivity index (χ0) is 42.2. The van der Waals surface area contributed by atoms with E-state index in [1.807, 2.05) is 36.4 Å². The van der Waals surface area contributed by atoms with E-state index in [1.54, 1.807) is 12.4 Å². The molecule has 1 aliphatic carbocycles. The van der Waals surface area contributed by atoms with Crippen LogP contribution in [0.3, 0.4) is 0 Å². The summed E-state index contributed by atoms with van der Waals surface area (Å²) >= 11 is 0. The van der Waals surface area contributed by atoms with Crippen LogP contribution in [0.4, 0.5) is 0 Å². The van der Waals surface area contributed by atoms with Gasteiger partial charge in [0.25, 0.3) is 0 Å². The second-order valence-corrected chi connectivity index (χ2v) is 16.5. The molecular weight excluding hydrogens is 781 g/mol. The molecule has 0 fully saturated rings. The van der Waals surface area contributed by atoms with Crippen LogP contribution in [0, 0.1) is 0 Å². The lowest BCUT2D eigenvalue weighted by molar-refractivity contribution is 0.442. The average Bonchev–Trinajstić information content (AvgIpc) is 3.67. The number of pyridine rings is 4. The van der Waals surface area contributed by atoms with Gasteiger partial charge in [0.1, 0.15) is 11.5 Å². The highest BCUT2D eigenvalue weighted by Gasteiger charge is 2.51. The highest BCUT2D eigenvalue weighted by Crippen LogP contribution is 2.63. The van der Waals surface area contributed by atoms with Crippen molar-refractivity contribution in [2.24, 2.45) is 0 Å². The van der Waals surface area contributed by atoms with Gasteiger partial charge in [0.2, 0.25) is 0 Å². The molecule has 1 aliphatic heterocycles. The summed E-state index contributed by atoms with van der Waals surface area (Å²) in [5.74, 6) is 1.75. The molecule has 0 N–H and O–H groups in total. The number of fused-ring (bicyclic) bond motifs is 13. The van der Waals surface area contributed by atoms with Gasteiger partial charge in [0.15, 0.2) is 0 Å². The van der Waals surface area contributed by atoms with Crippen molar-refractivity contribution < 1.29 is 4.74 Å². The van der Waals surface area contributed by atoms with Gasteiger partial charge in [0, 0.05) is 45.2 Å². The highest BCUT2D eigenvalue weighted by atomic mass is 16.5. The molecule has 0 bridgehead atoms. The van der Waals surface area contributed by atoms with Crippen molar-refractivity contribution in [2.45, 2.75) is 5.41 Å². The first kappa shape index (κ1) is 36.1. The first-order chi connectivity index (χ1) is 31.7. The number of benzene rings is 7. The van der Waals surface area contributed by atoms with Gasteiger partial charge in [-0.1, -0.05) is 152 Å². The van der Waals surface area contributed by atoms with Crippen LogP contribution in [0.15, 0.2) is 219 Å². The van der Waals surface area contributed by atoms with Gasteiger partial charge < -0.3 is 4.74 Å². The Morgan fingerprint density at radius 2 is 0.953 bits per heavy atom. The molecule has 11 aromatic rings. The number of rotatable bonds is 5. The quantitative estimate of drug-likeness (QED) is 0.162. The van der Waals surface area contributed by atoms with E-state index in [9.17, 15) is 0 Å². The summed E-state index contributed by atoms with van der Waals surface area (Å²) < 4.78 is 7.17. The van der Waals surface area contributed by atoms with Crippen molar-refractivity contribution in [2.75, 3.05) is 0 Å². The molecule has 0 saturated heterocycles. The number of hydrogen-bond donors (Lipinski definition) is 0. The monoisotopic (exact) mass is 816 g/mol. The normalized spacial score (nSPS) is 12.9. The molecular formula is C59H36N4O. The van der Waals surface area contributed by atoms with Gasteiger partial charge in [-0.15, -0.1) is 0 Å². The lowest BCUT2D eigenvalue weighted by Crippen LogP contribution is -2.32. The van der Waals surface area contributed by atoms with Crippen LogP contribution in [0.25, 0.3) is 89.1 Å². The van der Waals surface area contributed by atoms with Crippen molar-refractivity contribution >= 4 is 21.7 Å². The van der Waals surface area contributed by atoms with Crippen LogP contribution in [0.1, 0.15) is 22.3 Å². The average molecular weight is 817 g/mol. The molecule has 13 rings (SSSR count). The number of nitrogens with zero attached hydrogens (tertiary/aromatic N) is 4. The fourth-order valence-electron chi connectivity index (χ4n) is 10.3. The van der Waals surface area contributed by atoms with Crippen LogP contribution in [-0.4, -0.2) is 19.9 Å². The molecule has 0 atom stereocenters. The van der Waals surface area contributed by atoms with E-state index in [1.165, 1.54) is 22.3 Å². The number of ether oxygens (including phenoxy) is 1. The van der Waals surface area contributed by atoms with E-state index < -0.39 is 5.41 Å². The topological polar surface area (TPSA) is 60.8 Å². The first-order valence-corrected chi connectivity index (χ1v) is 21.6. The maximum Gasteiger partial charge on any atom is 0.140 e. The van der Waals surface area contributed by atoms with Gasteiger partial charge in [-0.2, -0.15) is 0 Å². The minimum atomic E-state index is -0.557. The Hall–Kier alpha value is -8.54. The predicted molar refractivity (Wildman–Crippen MR) is 257 cm³/mol. The van der Waals surface area contributed by atoms with Gasteiger partial charge in [0.05, 0.1) is 39.4 Å². The van der Waals surface area contributed by atoms with Crippen LogP contribution in [0.5, 0.6) is 11.5 Å². The van der Waals surface area contributed by atoms with Gasteiger partial charge in [-0.3, -0.25) is 9.97 Å². The lowest BCUT2D eigenvalue weighted by atomic mass is 9.65. The van der Waals surface area contributed by atoms with Crippen LogP contribution in [-0.2, 0) is 5.41 Å². The molecule has 1 spiro atoms. The second kappa shape index (κ2) is 14.3. The minimum absolute atomic E-state index is 0.557. The minimum Gasteiger partial charge on any atom is -0.456 e. The Balaban J connectivity index is 0.953. The standard InChI is InChI=1S/C59H36N4O/c1-4-19-46-42(16-1)43-17-2-5-20-47(43)59(46)48-21-6-8-25-55(48)64-58-49(59)31-30-45-56(58)44-18-3-7-22-50(44)63-57(45)40-15-13-14-39(34-40)37-26-28-38(29-27-37)41-35-53(51-23-9-11-32-60-51)62-54(36-41)52-24-10-12-33-61-52/h1-36H. The lowest BCUT2D eigenvalue weighted by Gasteiger charge is -2.40. The van der Waals surface area contributed by atoms with Gasteiger partial charge in [-0.25, -0.2) is 9.97 Å². The summed E-state index contributed by atoms with van der Waals surface area (Å²) in [7, 11) is 0. The van der Waals surface area contributed by atoms with Crippen molar-refractivity contribution in [3.63, 3.8) is 0 Å². The number of aromatic nitrogens is 4. The third-order valence-corrected chi connectivity index (χ3v) is 13.0. The Kier molecular flexibility index (Phi) is 8.06. The highest BCUT2D eigenvalue weighted by molar-refractivity contribution is 6.15. The summed E-state index contributed by atoms with van der Waals surface area (Å²) in [5, 5.41) is 3.17. The summed E-state index contributed by atoms with van der Waals surface area (Å²) in [6.45, 7) is 0. The number of para-hydroxylation sites is 2. The van der Waals surface area contributed by atoms with Gasteiger partial charge in [-0.05, 0) is 99.1 Å². The second-order valence-electron chi connectivity index (χ2n) is 16.5. The Morgan fingerprint density at radius 3 is 1.64 bits per heavy atom. The molecule has 0 saturated carbocycles. The molecule has 5 heterocycles. The van der Waals surface area contributed by atoms with Crippen molar-refractivity contribution in [3.8, 4) is 78.9 Å². The largest absolute Gasteiger partial charge is 0.456 e. The van der Waals surface area contributed by atoms with Crippen molar-refractivity contribution in [1.29, 1.82) is 0 Å². The summed E-state index contributed by atoms with van der Waals surface area (Å²) in [6, 6.07) is 72.9. The van der Waals surface area contributed by atoms with Crippen LogP contribution < -0.4 is 4.74 Å². The van der Waals surface area contributed by atoms with Gasteiger partial charge >= 0.3 is 0 Å². The Bertz CT molecular complexity index is 3540. The van der Waals surface area contributed by atoms with E-state index in [-0.39, 0.29) is 0 Å². The molecule has 298 valence electrons. The van der Waals surface area contributed by atoms with E-state index >= 15 is 0 Å². The Morgan fingerprint density at radius 1 is 0.359 bits per heavy atom. The first-order valence-electron chi connectivity index (χ1n) is 21.6. The molecule has 64 heavy (non-hydrogen) atoms. The molecule has 0 unspecified atom stereocenters. The zero-order valence-electron chi connectivity index (χ0n) is 34.5. The molecule has 0 amide bonds. The molecule has 4 aromatic heterocycles. The maximum atomic E-state index is 7.17. The van der Waals surface area contributed by atoms with Crippen molar-refractivity contribution in [3.05, 3.63) is 241 Å². The van der Waals surface area contributed by atoms with E-state index in [2.05, 4.69) is 180 Å². The maximum absolute atomic E-state index is 7.17. The summed E-state index contributed by atoms with van der Waals surface area (Å²) in [4.78, 5) is 19.6. The third-order valence-electron chi connectivity index (χ3n) is 13.0. The van der Waals surface area contributed by atoms with E-state index in [0.717, 1.165) is 101 Å². The molecule has 0 radical (unpaired) electrons. The fourth-order valence-corrected chi connectivity index (χ4v) is 10.3. The smallest absolute Gasteiger partial charge is 0.140 e. The number of hydrogen-bond acceptors (Lipinski definition) is 5. The Labute approximate surface area is 370 Å². The zero-order valence-corrected chi connectivity index (χ0v) is 34.5. The summed E-state index contributed by atoms with van der Waals surface area (Å²) in [6.07, 6.45) is 3.60. The molecule has 5 heteroatoms. The van der Waals surface area contributed by atoms with Crippen LogP contribution in [0.2, 0.25) is 0 Å². The van der Waals surface area contributed by atoms with E-state index in [0.29, 0.717) is 0 Å². The molecule has 5 nitrogen and oxygen atoms in total. The molecule has 7 aromatic carbocycles. The molecule has 2 aliphatic rings. The predicted octanol–water partition coefficient (Wildman–Crippen LogP) is 14.4. The third kappa shape index (κ3) is 5.44. The van der Waals surface area contributed by atoms with Crippen LogP contribution >= 0.6 is 0 Å². The fraction of sp³-hybridized carbons (Fsp3) is 0.0169. The SMILES string of the molecule is c1ccc(-c2cc(-c3ccc(-c4cccc(-c5nc6ccccc6c6c7c(ccc56)C5(c6ccccc6O7)c6ccccc6-c6ccccc65)c4)cc3)cc(-c3ccccn3)n2)nc1. The van der Waals surface area contributed by atoms with E-state index in [4.69, 9.17) is 14.7 Å².